The minimum absolute atomic E-state index is 0.264. The molecule has 0 saturated carbocycles. The van der Waals surface area contributed by atoms with Gasteiger partial charge < -0.3 is 14.0 Å². The van der Waals surface area contributed by atoms with Gasteiger partial charge in [-0.15, -0.1) is 0 Å². The molecule has 1 amide bonds. The normalized spacial score (nSPS) is 17.5. The predicted octanol–water partition coefficient (Wildman–Crippen LogP) is 3.40. The third-order valence-electron chi connectivity index (χ3n) is 5.67. The number of hydrogen-bond donors (Lipinski definition) is 0. The fourth-order valence-corrected chi connectivity index (χ4v) is 4.11. The van der Waals surface area contributed by atoms with Gasteiger partial charge in [0.05, 0.1) is 17.4 Å². The molecule has 142 valence electrons. The van der Waals surface area contributed by atoms with Crippen molar-refractivity contribution in [2.24, 2.45) is 0 Å². The van der Waals surface area contributed by atoms with Crippen LogP contribution < -0.4 is 0 Å². The molecule has 27 heavy (non-hydrogen) atoms. The summed E-state index contributed by atoms with van der Waals surface area (Å²) in [4.78, 5) is 23.8. The largest absolute Gasteiger partial charge is 0.340 e. The number of carbonyl (C=O) groups is 1. The molecule has 1 saturated heterocycles. The van der Waals surface area contributed by atoms with Crippen molar-refractivity contribution in [3.8, 4) is 0 Å². The number of fused-ring (bicyclic) bond motifs is 1. The van der Waals surface area contributed by atoms with Crippen molar-refractivity contribution in [2.75, 3.05) is 6.54 Å². The van der Waals surface area contributed by atoms with Gasteiger partial charge in [0.2, 0.25) is 5.91 Å². The summed E-state index contributed by atoms with van der Waals surface area (Å²) in [5.41, 5.74) is 2.08. The van der Waals surface area contributed by atoms with Crippen LogP contribution in [0.15, 0.2) is 43.0 Å². The standard InChI is InChI=1S/C21H27N5O/c1-17-22-11-15-24(17)13-9-18-6-4-5-12-26(18)21(27)10-14-25-16-23-19-7-2-3-8-20(19)25/h2-3,7-8,11,15-16,18H,4-6,9-10,12-14H2,1H3/t18-/m1/s1. The van der Waals surface area contributed by atoms with Crippen LogP contribution in [-0.2, 0) is 17.9 Å². The number of carbonyl (C=O) groups excluding carboxylic acids is 1. The van der Waals surface area contributed by atoms with Crippen molar-refractivity contribution in [1.29, 1.82) is 0 Å². The number of benzene rings is 1. The number of rotatable bonds is 6. The number of imidazole rings is 2. The Labute approximate surface area is 159 Å². The lowest BCUT2D eigenvalue weighted by molar-refractivity contribution is -0.135. The molecule has 3 aromatic rings. The van der Waals surface area contributed by atoms with Crippen LogP contribution in [0, 0.1) is 6.92 Å². The minimum Gasteiger partial charge on any atom is -0.340 e. The first kappa shape index (κ1) is 17.8. The molecule has 3 heterocycles. The summed E-state index contributed by atoms with van der Waals surface area (Å²) in [5, 5.41) is 0. The number of nitrogens with zero attached hydrogens (tertiary/aromatic N) is 5. The first-order valence-corrected chi connectivity index (χ1v) is 9.89. The molecule has 1 aromatic carbocycles. The van der Waals surface area contributed by atoms with Crippen LogP contribution in [0.1, 0.15) is 37.9 Å². The highest BCUT2D eigenvalue weighted by atomic mass is 16.2. The third-order valence-corrected chi connectivity index (χ3v) is 5.67. The molecule has 1 atom stereocenters. The fourth-order valence-electron chi connectivity index (χ4n) is 4.11. The molecule has 0 radical (unpaired) electrons. The van der Waals surface area contributed by atoms with Gasteiger partial charge in [-0.1, -0.05) is 12.1 Å². The molecule has 6 heteroatoms. The first-order valence-electron chi connectivity index (χ1n) is 9.89. The highest BCUT2D eigenvalue weighted by molar-refractivity contribution is 5.78. The Morgan fingerprint density at radius 2 is 2.04 bits per heavy atom. The molecule has 0 bridgehead atoms. The number of likely N-dealkylation sites (tertiary alicyclic amines) is 1. The predicted molar refractivity (Wildman–Crippen MR) is 105 cm³/mol. The van der Waals surface area contributed by atoms with E-state index in [0.717, 1.165) is 49.2 Å². The second-order valence-corrected chi connectivity index (χ2v) is 7.37. The average molecular weight is 365 g/mol. The molecule has 2 aromatic heterocycles. The van der Waals surface area contributed by atoms with Gasteiger partial charge in [0.1, 0.15) is 5.82 Å². The summed E-state index contributed by atoms with van der Waals surface area (Å²) in [5.74, 6) is 1.30. The van der Waals surface area contributed by atoms with E-state index in [9.17, 15) is 4.79 Å². The van der Waals surface area contributed by atoms with Crippen molar-refractivity contribution in [1.82, 2.24) is 24.0 Å². The van der Waals surface area contributed by atoms with Gasteiger partial charge >= 0.3 is 0 Å². The van der Waals surface area contributed by atoms with Crippen LogP contribution in [0.4, 0.5) is 0 Å². The maximum Gasteiger partial charge on any atom is 0.224 e. The molecule has 1 fully saturated rings. The summed E-state index contributed by atoms with van der Waals surface area (Å²) < 4.78 is 4.26. The van der Waals surface area contributed by atoms with Gasteiger partial charge in [-0.05, 0) is 44.7 Å². The Morgan fingerprint density at radius 1 is 1.15 bits per heavy atom. The number of para-hydroxylation sites is 2. The Morgan fingerprint density at radius 3 is 2.89 bits per heavy atom. The Bertz CT molecular complexity index is 912. The number of aryl methyl sites for hydroxylation is 3. The molecular weight excluding hydrogens is 338 g/mol. The second kappa shape index (κ2) is 7.94. The van der Waals surface area contributed by atoms with Crippen molar-refractivity contribution >= 4 is 16.9 Å². The molecule has 0 unspecified atom stereocenters. The Hall–Kier alpha value is -2.63. The quantitative estimate of drug-likeness (QED) is 0.673. The van der Waals surface area contributed by atoms with Crippen LogP contribution in [0.5, 0.6) is 0 Å². The zero-order valence-corrected chi connectivity index (χ0v) is 15.9. The smallest absolute Gasteiger partial charge is 0.224 e. The van der Waals surface area contributed by atoms with Crippen LogP contribution in [0.3, 0.4) is 0 Å². The van der Waals surface area contributed by atoms with Gasteiger partial charge in [0.25, 0.3) is 0 Å². The van der Waals surface area contributed by atoms with E-state index in [4.69, 9.17) is 0 Å². The van der Waals surface area contributed by atoms with E-state index in [1.165, 1.54) is 6.42 Å². The summed E-state index contributed by atoms with van der Waals surface area (Å²) in [6.45, 7) is 4.52. The van der Waals surface area contributed by atoms with Crippen LogP contribution in [0.2, 0.25) is 0 Å². The summed E-state index contributed by atoms with van der Waals surface area (Å²) >= 11 is 0. The van der Waals surface area contributed by atoms with Crippen molar-refractivity contribution in [3.05, 3.63) is 48.8 Å². The molecule has 0 N–H and O–H groups in total. The van der Waals surface area contributed by atoms with E-state index in [1.54, 1.807) is 0 Å². The highest BCUT2D eigenvalue weighted by Gasteiger charge is 2.26. The zero-order chi connectivity index (χ0) is 18.6. The van der Waals surface area contributed by atoms with E-state index in [1.807, 2.05) is 43.8 Å². The maximum absolute atomic E-state index is 12.9. The molecule has 0 aliphatic carbocycles. The number of aromatic nitrogens is 4. The van der Waals surface area contributed by atoms with Gasteiger partial charge in [0, 0.05) is 44.5 Å². The molecule has 0 spiro atoms. The highest BCUT2D eigenvalue weighted by Crippen LogP contribution is 2.22. The van der Waals surface area contributed by atoms with E-state index in [-0.39, 0.29) is 5.91 Å². The average Bonchev–Trinajstić information content (AvgIpc) is 3.30. The van der Waals surface area contributed by atoms with Crippen molar-refractivity contribution in [2.45, 2.75) is 58.2 Å². The monoisotopic (exact) mass is 365 g/mol. The van der Waals surface area contributed by atoms with Crippen molar-refractivity contribution < 1.29 is 4.79 Å². The van der Waals surface area contributed by atoms with E-state index < -0.39 is 0 Å². The maximum atomic E-state index is 12.9. The molecular formula is C21H27N5O. The summed E-state index contributed by atoms with van der Waals surface area (Å²) in [6.07, 6.45) is 10.7. The van der Waals surface area contributed by atoms with Crippen LogP contribution in [0.25, 0.3) is 11.0 Å². The van der Waals surface area contributed by atoms with E-state index in [0.29, 0.717) is 19.0 Å². The summed E-state index contributed by atoms with van der Waals surface area (Å²) in [7, 11) is 0. The van der Waals surface area contributed by atoms with Crippen LogP contribution >= 0.6 is 0 Å². The topological polar surface area (TPSA) is 56.0 Å². The summed E-state index contributed by atoms with van der Waals surface area (Å²) in [6, 6.07) is 8.41. The minimum atomic E-state index is 0.264. The van der Waals surface area contributed by atoms with E-state index >= 15 is 0 Å². The molecule has 1 aliphatic heterocycles. The lowest BCUT2D eigenvalue weighted by atomic mass is 9.98. The molecule has 1 aliphatic rings. The second-order valence-electron chi connectivity index (χ2n) is 7.37. The molecule has 4 rings (SSSR count). The van der Waals surface area contributed by atoms with Gasteiger partial charge in [0.15, 0.2) is 0 Å². The Balaban J connectivity index is 1.37. The van der Waals surface area contributed by atoms with Crippen LogP contribution in [-0.4, -0.2) is 42.5 Å². The SMILES string of the molecule is Cc1nccn1CC[C@H]1CCCCN1C(=O)CCn1cnc2ccccc21. The lowest BCUT2D eigenvalue weighted by Gasteiger charge is -2.36. The van der Waals surface area contributed by atoms with Gasteiger partial charge in [-0.25, -0.2) is 9.97 Å². The van der Waals surface area contributed by atoms with Gasteiger partial charge in [-0.3, -0.25) is 4.79 Å². The van der Waals surface area contributed by atoms with E-state index in [2.05, 4.69) is 30.1 Å². The fraction of sp³-hybridized carbons (Fsp3) is 0.476. The third kappa shape index (κ3) is 3.89. The molecule has 6 nitrogen and oxygen atoms in total. The van der Waals surface area contributed by atoms with Crippen molar-refractivity contribution in [3.63, 3.8) is 0 Å². The Kier molecular flexibility index (Phi) is 5.23. The van der Waals surface area contributed by atoms with Gasteiger partial charge in [-0.2, -0.15) is 0 Å². The first-order chi connectivity index (χ1) is 13.2. The number of hydrogen-bond acceptors (Lipinski definition) is 3. The zero-order valence-electron chi connectivity index (χ0n) is 15.9. The lowest BCUT2D eigenvalue weighted by Crippen LogP contribution is -2.44. The number of piperidine rings is 1. The number of amides is 1.